The van der Waals surface area contributed by atoms with E-state index in [0.29, 0.717) is 13.0 Å². The summed E-state index contributed by atoms with van der Waals surface area (Å²) in [6.45, 7) is 0.439. The Kier molecular flexibility index (Phi) is 1.45. The fourth-order valence-electron chi connectivity index (χ4n) is 3.13. The normalized spacial score (nSPS) is 40.3. The lowest BCUT2D eigenvalue weighted by Gasteiger charge is -2.30. The Morgan fingerprint density at radius 2 is 2.29 bits per heavy atom. The lowest BCUT2D eigenvalue weighted by atomic mass is 9.68. The first-order chi connectivity index (χ1) is 6.74. The Hall–Kier alpha value is -1.12. The maximum Gasteiger partial charge on any atom is 0.310 e. The lowest BCUT2D eigenvalue weighted by Crippen LogP contribution is -2.33. The molecule has 2 atom stereocenters. The molecule has 14 heavy (non-hydrogen) atoms. The number of Topliss-reactive ketones (excluding diaryl/α,β-unsaturated/α-hetero) is 1. The zero-order chi connectivity index (χ0) is 9.76. The average Bonchev–Trinajstić information content (AvgIpc) is 2.69. The summed E-state index contributed by atoms with van der Waals surface area (Å²) in [6.07, 6.45) is 5.14. The van der Waals surface area contributed by atoms with E-state index in [2.05, 4.69) is 0 Å². The summed E-state index contributed by atoms with van der Waals surface area (Å²) in [6, 6.07) is 0. The monoisotopic (exact) mass is 192 g/mol. The SMILES string of the molecule is O=C1CC[C@@]23COC(=O)[C@@H]2CCC=C13. The highest BCUT2D eigenvalue weighted by molar-refractivity contribution is 6.01. The maximum atomic E-state index is 11.6. The van der Waals surface area contributed by atoms with Gasteiger partial charge in [-0.3, -0.25) is 9.59 Å². The minimum absolute atomic E-state index is 0.0334. The summed E-state index contributed by atoms with van der Waals surface area (Å²) in [5.41, 5.74) is 0.673. The fraction of sp³-hybridized carbons (Fsp3) is 0.636. The van der Waals surface area contributed by atoms with Gasteiger partial charge in [-0.05, 0) is 19.3 Å². The van der Waals surface area contributed by atoms with E-state index in [0.717, 1.165) is 24.8 Å². The number of hydrogen-bond acceptors (Lipinski definition) is 3. The van der Waals surface area contributed by atoms with Gasteiger partial charge in [-0.2, -0.15) is 0 Å². The van der Waals surface area contributed by atoms with Crippen molar-refractivity contribution in [1.82, 2.24) is 0 Å². The number of carbonyl (C=O) groups is 2. The molecule has 3 aliphatic rings. The molecule has 0 aromatic carbocycles. The maximum absolute atomic E-state index is 11.6. The quantitative estimate of drug-likeness (QED) is 0.542. The van der Waals surface area contributed by atoms with Crippen LogP contribution in [0.25, 0.3) is 0 Å². The second-order valence-electron chi connectivity index (χ2n) is 4.43. The number of cyclic esters (lactones) is 1. The van der Waals surface area contributed by atoms with E-state index in [1.54, 1.807) is 0 Å². The van der Waals surface area contributed by atoms with Crippen LogP contribution in [-0.4, -0.2) is 18.4 Å². The van der Waals surface area contributed by atoms with Crippen molar-refractivity contribution in [1.29, 1.82) is 0 Å². The molecule has 74 valence electrons. The fourth-order valence-corrected chi connectivity index (χ4v) is 3.13. The van der Waals surface area contributed by atoms with E-state index in [-0.39, 0.29) is 23.1 Å². The van der Waals surface area contributed by atoms with Gasteiger partial charge < -0.3 is 4.74 Å². The molecule has 3 nitrogen and oxygen atoms in total. The zero-order valence-electron chi connectivity index (χ0n) is 7.91. The molecule has 0 amide bonds. The highest BCUT2D eigenvalue weighted by Crippen LogP contribution is 2.54. The number of hydrogen-bond donors (Lipinski definition) is 0. The van der Waals surface area contributed by atoms with Gasteiger partial charge in [0.2, 0.25) is 0 Å². The molecule has 0 N–H and O–H groups in total. The van der Waals surface area contributed by atoms with E-state index < -0.39 is 0 Å². The Balaban J connectivity index is 2.12. The van der Waals surface area contributed by atoms with Crippen LogP contribution in [0, 0.1) is 11.3 Å². The molecule has 0 radical (unpaired) electrons. The van der Waals surface area contributed by atoms with Crippen molar-refractivity contribution in [2.45, 2.75) is 25.7 Å². The first-order valence-electron chi connectivity index (χ1n) is 5.14. The van der Waals surface area contributed by atoms with Crippen molar-refractivity contribution < 1.29 is 14.3 Å². The van der Waals surface area contributed by atoms with Gasteiger partial charge in [0.15, 0.2) is 5.78 Å². The van der Waals surface area contributed by atoms with Crippen LogP contribution in [0.15, 0.2) is 11.6 Å². The first-order valence-corrected chi connectivity index (χ1v) is 5.14. The van der Waals surface area contributed by atoms with Gasteiger partial charge in [0, 0.05) is 17.4 Å². The molecule has 0 unspecified atom stereocenters. The molecule has 1 aliphatic heterocycles. The minimum atomic E-state index is -0.216. The smallest absolute Gasteiger partial charge is 0.310 e. The van der Waals surface area contributed by atoms with Crippen LogP contribution in [0.2, 0.25) is 0 Å². The molecule has 1 saturated heterocycles. The highest BCUT2D eigenvalue weighted by atomic mass is 16.5. The number of allylic oxidation sites excluding steroid dienone is 1. The third kappa shape index (κ3) is 0.781. The third-order valence-corrected chi connectivity index (χ3v) is 3.86. The molecule has 3 rings (SSSR count). The van der Waals surface area contributed by atoms with Gasteiger partial charge in [0.05, 0.1) is 5.92 Å². The van der Waals surface area contributed by atoms with E-state index in [9.17, 15) is 9.59 Å². The van der Waals surface area contributed by atoms with Gasteiger partial charge in [-0.15, -0.1) is 0 Å². The van der Waals surface area contributed by atoms with Crippen LogP contribution in [0.5, 0.6) is 0 Å². The molecular weight excluding hydrogens is 180 g/mol. The molecule has 0 bridgehead atoms. The molecular formula is C11H12O3. The summed E-state index contributed by atoms with van der Waals surface area (Å²) in [4.78, 5) is 23.1. The summed E-state index contributed by atoms with van der Waals surface area (Å²) >= 11 is 0. The van der Waals surface area contributed by atoms with Gasteiger partial charge in [-0.1, -0.05) is 6.08 Å². The summed E-state index contributed by atoms with van der Waals surface area (Å²) < 4.78 is 5.12. The Bertz CT molecular complexity index is 352. The first kappa shape index (κ1) is 8.21. The van der Waals surface area contributed by atoms with Crippen LogP contribution >= 0.6 is 0 Å². The van der Waals surface area contributed by atoms with Crippen molar-refractivity contribution in [3.63, 3.8) is 0 Å². The van der Waals surface area contributed by atoms with E-state index >= 15 is 0 Å². The summed E-state index contributed by atoms with van der Waals surface area (Å²) in [7, 11) is 0. The van der Waals surface area contributed by atoms with Crippen LogP contribution in [0.4, 0.5) is 0 Å². The Morgan fingerprint density at radius 3 is 3.14 bits per heavy atom. The summed E-state index contributed by atoms with van der Waals surface area (Å²) in [5, 5.41) is 0. The van der Waals surface area contributed by atoms with Crippen LogP contribution in [0.1, 0.15) is 25.7 Å². The van der Waals surface area contributed by atoms with Crippen LogP contribution in [0.3, 0.4) is 0 Å². The second kappa shape index (κ2) is 2.47. The Morgan fingerprint density at radius 1 is 1.43 bits per heavy atom. The van der Waals surface area contributed by atoms with Gasteiger partial charge in [-0.25, -0.2) is 0 Å². The minimum Gasteiger partial charge on any atom is -0.464 e. The van der Waals surface area contributed by atoms with Crippen molar-refractivity contribution in [2.24, 2.45) is 11.3 Å². The number of esters is 1. The van der Waals surface area contributed by atoms with Crippen molar-refractivity contribution in [2.75, 3.05) is 6.61 Å². The van der Waals surface area contributed by atoms with E-state index in [1.807, 2.05) is 6.08 Å². The topological polar surface area (TPSA) is 43.4 Å². The van der Waals surface area contributed by atoms with Crippen molar-refractivity contribution >= 4 is 11.8 Å². The average molecular weight is 192 g/mol. The lowest BCUT2D eigenvalue weighted by molar-refractivity contribution is -0.141. The molecule has 2 aliphatic carbocycles. The summed E-state index contributed by atoms with van der Waals surface area (Å²) in [5.74, 6) is 0.104. The van der Waals surface area contributed by atoms with Gasteiger partial charge in [0.25, 0.3) is 0 Å². The number of rotatable bonds is 0. The third-order valence-electron chi connectivity index (χ3n) is 3.86. The van der Waals surface area contributed by atoms with Crippen LogP contribution in [-0.2, 0) is 14.3 Å². The number of carbonyl (C=O) groups excluding carboxylic acids is 2. The molecule has 1 heterocycles. The predicted octanol–water partition coefficient (Wildman–Crippen LogP) is 1.23. The van der Waals surface area contributed by atoms with Gasteiger partial charge in [0.1, 0.15) is 6.61 Å². The zero-order valence-corrected chi connectivity index (χ0v) is 7.91. The molecule has 1 spiro atoms. The van der Waals surface area contributed by atoms with Gasteiger partial charge >= 0.3 is 5.97 Å². The molecule has 0 aromatic heterocycles. The number of ketones is 1. The molecule has 2 fully saturated rings. The van der Waals surface area contributed by atoms with Crippen molar-refractivity contribution in [3.8, 4) is 0 Å². The molecule has 1 saturated carbocycles. The van der Waals surface area contributed by atoms with E-state index in [1.165, 1.54) is 0 Å². The number of ether oxygens (including phenoxy) is 1. The molecule has 3 heteroatoms. The standard InChI is InChI=1S/C11H12O3/c12-9-4-5-11-6-14-10(13)8(11)3-1-2-7(9)11/h2,8H,1,3-6H2/t8-,11-/m0/s1. The predicted molar refractivity (Wildman–Crippen MR) is 48.4 cm³/mol. The Labute approximate surface area is 82.1 Å². The molecule has 0 aromatic rings. The second-order valence-corrected chi connectivity index (χ2v) is 4.43. The van der Waals surface area contributed by atoms with E-state index in [4.69, 9.17) is 4.74 Å². The van der Waals surface area contributed by atoms with Crippen molar-refractivity contribution in [3.05, 3.63) is 11.6 Å². The van der Waals surface area contributed by atoms with Crippen LogP contribution < -0.4 is 0 Å². The highest BCUT2D eigenvalue weighted by Gasteiger charge is 2.57. The largest absolute Gasteiger partial charge is 0.464 e.